The van der Waals surface area contributed by atoms with Gasteiger partial charge in [0.2, 0.25) is 0 Å². The Balaban J connectivity index is 3.08. The van der Waals surface area contributed by atoms with E-state index in [1.54, 1.807) is 6.08 Å². The van der Waals surface area contributed by atoms with Crippen molar-refractivity contribution in [2.75, 3.05) is 19.8 Å². The molecule has 0 bridgehead atoms. The number of ether oxygens (including phenoxy) is 1. The summed E-state index contributed by atoms with van der Waals surface area (Å²) in [4.78, 5) is 0. The maximum atomic E-state index is 8.53. The van der Waals surface area contributed by atoms with Crippen LogP contribution in [0, 0.1) is 0 Å². The summed E-state index contributed by atoms with van der Waals surface area (Å²) in [6.45, 7) is 5.43. The standard InChI is InChI=1S/C16H28O2/c1-2-3-4-5-9-12-15-18-16-13-10-7-6-8-11-14-17/h2,8,10-11,13,17H,1,3-7,9,12,14-16H2. The second-order valence-corrected chi connectivity index (χ2v) is 4.27. The summed E-state index contributed by atoms with van der Waals surface area (Å²) in [5, 5.41) is 8.53. The first kappa shape index (κ1) is 17.1. The summed E-state index contributed by atoms with van der Waals surface area (Å²) < 4.78 is 5.50. The minimum absolute atomic E-state index is 0.139. The van der Waals surface area contributed by atoms with Crippen LogP contribution in [0.15, 0.2) is 37.0 Å². The van der Waals surface area contributed by atoms with Crippen molar-refractivity contribution < 1.29 is 9.84 Å². The van der Waals surface area contributed by atoms with Crippen LogP contribution in [0.25, 0.3) is 0 Å². The van der Waals surface area contributed by atoms with Crippen molar-refractivity contribution in [1.29, 1.82) is 0 Å². The fourth-order valence-corrected chi connectivity index (χ4v) is 1.57. The van der Waals surface area contributed by atoms with Crippen LogP contribution in [0.1, 0.15) is 44.9 Å². The van der Waals surface area contributed by atoms with E-state index in [2.05, 4.69) is 18.7 Å². The first-order valence-corrected chi connectivity index (χ1v) is 7.01. The Bertz CT molecular complexity index is 219. The summed E-state index contributed by atoms with van der Waals surface area (Å²) in [7, 11) is 0. The molecule has 1 N–H and O–H groups in total. The van der Waals surface area contributed by atoms with Crippen molar-refractivity contribution in [3.63, 3.8) is 0 Å². The smallest absolute Gasteiger partial charge is 0.0647 e. The van der Waals surface area contributed by atoms with Crippen LogP contribution in [-0.2, 0) is 4.74 Å². The quantitative estimate of drug-likeness (QED) is 0.396. The van der Waals surface area contributed by atoms with E-state index < -0.39 is 0 Å². The second-order valence-electron chi connectivity index (χ2n) is 4.27. The highest BCUT2D eigenvalue weighted by atomic mass is 16.5. The normalized spacial score (nSPS) is 11.6. The number of aliphatic hydroxyl groups excluding tert-OH is 1. The van der Waals surface area contributed by atoms with Gasteiger partial charge in [0.25, 0.3) is 0 Å². The van der Waals surface area contributed by atoms with Crippen molar-refractivity contribution in [2.45, 2.75) is 44.9 Å². The highest BCUT2D eigenvalue weighted by Crippen LogP contribution is 2.03. The maximum absolute atomic E-state index is 8.53. The fourth-order valence-electron chi connectivity index (χ4n) is 1.57. The number of hydrogen-bond donors (Lipinski definition) is 1. The summed E-state index contributed by atoms with van der Waals surface area (Å²) in [6.07, 6.45) is 18.0. The van der Waals surface area contributed by atoms with E-state index in [-0.39, 0.29) is 6.61 Å². The van der Waals surface area contributed by atoms with E-state index >= 15 is 0 Å². The molecule has 0 atom stereocenters. The van der Waals surface area contributed by atoms with Crippen molar-refractivity contribution in [2.24, 2.45) is 0 Å². The van der Waals surface area contributed by atoms with Crippen molar-refractivity contribution in [1.82, 2.24) is 0 Å². The molecular formula is C16H28O2. The van der Waals surface area contributed by atoms with Gasteiger partial charge in [0.1, 0.15) is 0 Å². The number of rotatable bonds is 13. The molecule has 0 amide bonds. The molecule has 0 aliphatic rings. The third-order valence-corrected chi connectivity index (χ3v) is 2.60. The van der Waals surface area contributed by atoms with E-state index in [0.717, 1.165) is 38.9 Å². The van der Waals surface area contributed by atoms with Crippen LogP contribution in [0.5, 0.6) is 0 Å². The Morgan fingerprint density at radius 2 is 1.56 bits per heavy atom. The topological polar surface area (TPSA) is 29.5 Å². The number of unbranched alkanes of at least 4 members (excludes halogenated alkanes) is 5. The monoisotopic (exact) mass is 252 g/mol. The molecule has 2 heteroatoms. The van der Waals surface area contributed by atoms with Crippen LogP contribution in [0.3, 0.4) is 0 Å². The molecule has 0 aromatic rings. The van der Waals surface area contributed by atoms with Crippen LogP contribution in [-0.4, -0.2) is 24.9 Å². The Labute approximate surface area is 112 Å². The lowest BCUT2D eigenvalue weighted by molar-refractivity contribution is 0.157. The van der Waals surface area contributed by atoms with Gasteiger partial charge in [0, 0.05) is 6.61 Å². The van der Waals surface area contributed by atoms with Gasteiger partial charge < -0.3 is 9.84 Å². The molecular weight excluding hydrogens is 224 g/mol. The minimum atomic E-state index is 0.139. The molecule has 104 valence electrons. The molecule has 0 fully saturated rings. The lowest BCUT2D eigenvalue weighted by Gasteiger charge is -2.00. The summed E-state index contributed by atoms with van der Waals surface area (Å²) in [5.41, 5.74) is 0. The second kappa shape index (κ2) is 16.1. The predicted molar refractivity (Wildman–Crippen MR) is 78.7 cm³/mol. The minimum Gasteiger partial charge on any atom is -0.392 e. The third kappa shape index (κ3) is 15.1. The van der Waals surface area contributed by atoms with E-state index in [1.807, 2.05) is 12.2 Å². The Morgan fingerprint density at radius 1 is 0.833 bits per heavy atom. The van der Waals surface area contributed by atoms with Gasteiger partial charge in [-0.25, -0.2) is 0 Å². The Morgan fingerprint density at radius 3 is 2.28 bits per heavy atom. The zero-order valence-corrected chi connectivity index (χ0v) is 11.5. The molecule has 0 aliphatic heterocycles. The SMILES string of the molecule is C=CCCCCCCOCC=CCCC=CCO. The van der Waals surface area contributed by atoms with Crippen molar-refractivity contribution in [3.8, 4) is 0 Å². The molecule has 0 spiro atoms. The van der Waals surface area contributed by atoms with Gasteiger partial charge in [0.15, 0.2) is 0 Å². The number of allylic oxidation sites excluding steroid dienone is 3. The van der Waals surface area contributed by atoms with Crippen molar-refractivity contribution in [3.05, 3.63) is 37.0 Å². The van der Waals surface area contributed by atoms with Gasteiger partial charge in [0.05, 0.1) is 13.2 Å². The summed E-state index contributed by atoms with van der Waals surface area (Å²) in [6, 6.07) is 0. The summed E-state index contributed by atoms with van der Waals surface area (Å²) in [5.74, 6) is 0. The Kier molecular flexibility index (Phi) is 15.4. The first-order valence-electron chi connectivity index (χ1n) is 7.01. The molecule has 0 radical (unpaired) electrons. The van der Waals surface area contributed by atoms with Gasteiger partial charge in [-0.3, -0.25) is 0 Å². The third-order valence-electron chi connectivity index (χ3n) is 2.60. The first-order chi connectivity index (χ1) is 8.91. The predicted octanol–water partition coefficient (Wildman–Crippen LogP) is 4.02. The van der Waals surface area contributed by atoms with Gasteiger partial charge in [-0.15, -0.1) is 6.58 Å². The highest BCUT2D eigenvalue weighted by molar-refractivity contribution is 4.87. The lowest BCUT2D eigenvalue weighted by atomic mass is 10.1. The van der Waals surface area contributed by atoms with E-state index in [4.69, 9.17) is 9.84 Å². The lowest BCUT2D eigenvalue weighted by Crippen LogP contribution is -1.94. The molecule has 2 nitrogen and oxygen atoms in total. The molecule has 0 rings (SSSR count). The van der Waals surface area contributed by atoms with Gasteiger partial charge in [-0.2, -0.15) is 0 Å². The number of hydrogen-bond acceptors (Lipinski definition) is 2. The maximum Gasteiger partial charge on any atom is 0.0647 e. The molecule has 0 aliphatic carbocycles. The fraction of sp³-hybridized carbons (Fsp3) is 0.625. The molecule has 0 heterocycles. The van der Waals surface area contributed by atoms with Crippen molar-refractivity contribution >= 4 is 0 Å². The van der Waals surface area contributed by atoms with E-state index in [0.29, 0.717) is 0 Å². The molecule has 0 aromatic heterocycles. The zero-order valence-electron chi connectivity index (χ0n) is 11.5. The number of aliphatic hydroxyl groups is 1. The average Bonchev–Trinajstić information content (AvgIpc) is 2.39. The molecule has 18 heavy (non-hydrogen) atoms. The van der Waals surface area contributed by atoms with E-state index in [1.165, 1.54) is 19.3 Å². The molecule has 0 aromatic carbocycles. The molecule has 0 unspecified atom stereocenters. The van der Waals surface area contributed by atoms with Gasteiger partial charge in [-0.05, 0) is 32.1 Å². The Hall–Kier alpha value is -0.860. The highest BCUT2D eigenvalue weighted by Gasteiger charge is 1.89. The van der Waals surface area contributed by atoms with Crippen LogP contribution >= 0.6 is 0 Å². The summed E-state index contributed by atoms with van der Waals surface area (Å²) >= 11 is 0. The molecule has 0 saturated heterocycles. The van der Waals surface area contributed by atoms with Gasteiger partial charge >= 0.3 is 0 Å². The largest absolute Gasteiger partial charge is 0.392 e. The van der Waals surface area contributed by atoms with Crippen LogP contribution in [0.4, 0.5) is 0 Å². The van der Waals surface area contributed by atoms with Crippen LogP contribution in [0.2, 0.25) is 0 Å². The molecule has 0 saturated carbocycles. The van der Waals surface area contributed by atoms with E-state index in [9.17, 15) is 0 Å². The van der Waals surface area contributed by atoms with Crippen LogP contribution < -0.4 is 0 Å². The average molecular weight is 252 g/mol. The zero-order chi connectivity index (χ0) is 13.3. The van der Waals surface area contributed by atoms with Gasteiger partial charge in [-0.1, -0.05) is 43.2 Å².